The average Bonchev–Trinajstić information content (AvgIpc) is 3.26. The summed E-state index contributed by atoms with van der Waals surface area (Å²) in [6.45, 7) is -0.230. The van der Waals surface area contributed by atoms with E-state index in [1.807, 2.05) is 0 Å². The van der Waals surface area contributed by atoms with Crippen LogP contribution in [0.4, 0.5) is 5.13 Å². The molecule has 7 nitrogen and oxygen atoms in total. The maximum absolute atomic E-state index is 12.2. The van der Waals surface area contributed by atoms with Gasteiger partial charge in [0.25, 0.3) is 11.8 Å². The Balaban J connectivity index is 1.65. The van der Waals surface area contributed by atoms with Crippen LogP contribution in [0, 0.1) is 0 Å². The van der Waals surface area contributed by atoms with Crippen LogP contribution >= 0.6 is 11.3 Å². The first kappa shape index (κ1) is 14.5. The van der Waals surface area contributed by atoms with Gasteiger partial charge in [0.15, 0.2) is 6.61 Å². The molecular formula is C14H14N4O3S. The van der Waals surface area contributed by atoms with E-state index in [0.717, 1.165) is 17.8 Å². The second kappa shape index (κ2) is 6.10. The van der Waals surface area contributed by atoms with Gasteiger partial charge in [-0.3, -0.25) is 14.9 Å². The molecule has 8 heteroatoms. The van der Waals surface area contributed by atoms with Crippen molar-refractivity contribution in [3.63, 3.8) is 0 Å². The fourth-order valence-corrected chi connectivity index (χ4v) is 2.74. The van der Waals surface area contributed by atoms with Crippen molar-refractivity contribution in [2.24, 2.45) is 5.73 Å². The van der Waals surface area contributed by atoms with Crippen molar-refractivity contribution >= 4 is 28.3 Å². The highest BCUT2D eigenvalue weighted by molar-refractivity contribution is 7.15. The van der Waals surface area contributed by atoms with Gasteiger partial charge in [-0.1, -0.05) is 17.4 Å². The highest BCUT2D eigenvalue weighted by atomic mass is 32.1. The Labute approximate surface area is 130 Å². The quantitative estimate of drug-likeness (QED) is 0.840. The van der Waals surface area contributed by atoms with E-state index in [1.165, 1.54) is 11.3 Å². The number of aromatic nitrogens is 2. The number of hydrogen-bond acceptors (Lipinski definition) is 6. The van der Waals surface area contributed by atoms with Crippen LogP contribution in [-0.2, 0) is 4.79 Å². The van der Waals surface area contributed by atoms with E-state index in [0.29, 0.717) is 22.4 Å². The molecule has 1 fully saturated rings. The summed E-state index contributed by atoms with van der Waals surface area (Å²) in [5.41, 5.74) is 5.42. The molecule has 1 aromatic carbocycles. The Morgan fingerprint density at radius 1 is 1.36 bits per heavy atom. The third-order valence-corrected chi connectivity index (χ3v) is 4.07. The summed E-state index contributed by atoms with van der Waals surface area (Å²) in [6.07, 6.45) is 2.28. The van der Waals surface area contributed by atoms with E-state index in [2.05, 4.69) is 15.5 Å². The summed E-state index contributed by atoms with van der Waals surface area (Å²) >= 11 is 1.40. The lowest BCUT2D eigenvalue weighted by atomic mass is 10.2. The Hall–Kier alpha value is -2.48. The molecule has 0 spiro atoms. The number of primary amides is 1. The molecule has 3 rings (SSSR count). The summed E-state index contributed by atoms with van der Waals surface area (Å²) in [4.78, 5) is 22.9. The minimum Gasteiger partial charge on any atom is -0.484 e. The Morgan fingerprint density at radius 3 is 2.91 bits per heavy atom. The second-order valence-electron chi connectivity index (χ2n) is 4.96. The first-order valence-electron chi connectivity index (χ1n) is 6.78. The van der Waals surface area contributed by atoms with Crippen molar-refractivity contribution in [3.05, 3.63) is 34.8 Å². The molecule has 0 aliphatic heterocycles. The van der Waals surface area contributed by atoms with Gasteiger partial charge in [-0.2, -0.15) is 0 Å². The molecule has 1 aromatic heterocycles. The molecular weight excluding hydrogens is 304 g/mol. The molecule has 114 valence electrons. The summed E-state index contributed by atoms with van der Waals surface area (Å²) in [7, 11) is 0. The number of nitrogens with zero attached hydrogens (tertiary/aromatic N) is 2. The zero-order valence-corrected chi connectivity index (χ0v) is 12.4. The molecule has 0 saturated heterocycles. The molecule has 2 amide bonds. The molecule has 0 atom stereocenters. The lowest BCUT2D eigenvalue weighted by Crippen LogP contribution is -2.20. The van der Waals surface area contributed by atoms with Crippen molar-refractivity contribution in [2.45, 2.75) is 18.8 Å². The number of rotatable bonds is 6. The van der Waals surface area contributed by atoms with Gasteiger partial charge in [0, 0.05) is 11.5 Å². The number of amides is 2. The van der Waals surface area contributed by atoms with Crippen molar-refractivity contribution in [3.8, 4) is 5.75 Å². The van der Waals surface area contributed by atoms with Crippen LogP contribution in [0.1, 0.15) is 34.1 Å². The smallest absolute Gasteiger partial charge is 0.257 e. The number of nitrogens with two attached hydrogens (primary N) is 1. The fraction of sp³-hybridized carbons (Fsp3) is 0.286. The standard InChI is InChI=1S/C14H14N4O3S/c15-11(19)7-21-10-3-1-2-9(6-10)12(20)16-14-18-17-13(22-14)8-4-5-8/h1-3,6,8H,4-5,7H2,(H2,15,19)(H,16,18,20). The van der Waals surface area contributed by atoms with Crippen molar-refractivity contribution in [1.29, 1.82) is 0 Å². The van der Waals surface area contributed by atoms with Gasteiger partial charge in [0.05, 0.1) is 0 Å². The van der Waals surface area contributed by atoms with E-state index in [-0.39, 0.29) is 12.5 Å². The van der Waals surface area contributed by atoms with Gasteiger partial charge in [0.2, 0.25) is 5.13 Å². The SMILES string of the molecule is NC(=O)COc1cccc(C(=O)Nc2nnc(C3CC3)s2)c1. The molecule has 3 N–H and O–H groups in total. The van der Waals surface area contributed by atoms with Crippen LogP contribution in [-0.4, -0.2) is 28.6 Å². The summed E-state index contributed by atoms with van der Waals surface area (Å²) in [5, 5.41) is 12.2. The van der Waals surface area contributed by atoms with Crippen LogP contribution in [0.5, 0.6) is 5.75 Å². The van der Waals surface area contributed by atoms with Gasteiger partial charge in [0.1, 0.15) is 10.8 Å². The lowest BCUT2D eigenvalue weighted by Gasteiger charge is -2.06. The normalized spacial score (nSPS) is 13.6. The first-order chi connectivity index (χ1) is 10.6. The van der Waals surface area contributed by atoms with E-state index < -0.39 is 5.91 Å². The van der Waals surface area contributed by atoms with Crippen LogP contribution in [0.2, 0.25) is 0 Å². The lowest BCUT2D eigenvalue weighted by molar-refractivity contribution is -0.119. The first-order valence-corrected chi connectivity index (χ1v) is 7.59. The van der Waals surface area contributed by atoms with Crippen molar-refractivity contribution in [1.82, 2.24) is 10.2 Å². The van der Waals surface area contributed by atoms with E-state index in [4.69, 9.17) is 10.5 Å². The van der Waals surface area contributed by atoms with Crippen LogP contribution in [0.15, 0.2) is 24.3 Å². The molecule has 1 aliphatic carbocycles. The zero-order chi connectivity index (χ0) is 15.5. The summed E-state index contributed by atoms with van der Waals surface area (Å²) in [6, 6.07) is 6.51. The summed E-state index contributed by atoms with van der Waals surface area (Å²) in [5.74, 6) is 0.0374. The highest BCUT2D eigenvalue weighted by Crippen LogP contribution is 2.42. The largest absolute Gasteiger partial charge is 0.484 e. The molecule has 22 heavy (non-hydrogen) atoms. The van der Waals surface area contributed by atoms with E-state index in [1.54, 1.807) is 24.3 Å². The molecule has 0 radical (unpaired) electrons. The van der Waals surface area contributed by atoms with E-state index in [9.17, 15) is 9.59 Å². The Bertz CT molecular complexity index is 712. The van der Waals surface area contributed by atoms with Crippen LogP contribution < -0.4 is 15.8 Å². The highest BCUT2D eigenvalue weighted by Gasteiger charge is 2.27. The van der Waals surface area contributed by atoms with Crippen molar-refractivity contribution in [2.75, 3.05) is 11.9 Å². The molecule has 1 aliphatic rings. The predicted octanol–water partition coefficient (Wildman–Crippen LogP) is 1.53. The van der Waals surface area contributed by atoms with Gasteiger partial charge >= 0.3 is 0 Å². The number of ether oxygens (including phenoxy) is 1. The monoisotopic (exact) mass is 318 g/mol. The third kappa shape index (κ3) is 3.59. The number of benzene rings is 1. The Morgan fingerprint density at radius 2 is 2.18 bits per heavy atom. The Kier molecular flexibility index (Phi) is 4.01. The van der Waals surface area contributed by atoms with Crippen LogP contribution in [0.3, 0.4) is 0 Å². The number of hydrogen-bond donors (Lipinski definition) is 2. The van der Waals surface area contributed by atoms with Gasteiger partial charge in [-0.25, -0.2) is 0 Å². The predicted molar refractivity (Wildman–Crippen MR) is 81.0 cm³/mol. The summed E-state index contributed by atoms with van der Waals surface area (Å²) < 4.78 is 5.17. The van der Waals surface area contributed by atoms with E-state index >= 15 is 0 Å². The van der Waals surface area contributed by atoms with Crippen LogP contribution in [0.25, 0.3) is 0 Å². The maximum Gasteiger partial charge on any atom is 0.257 e. The molecule has 2 aromatic rings. The molecule has 1 heterocycles. The number of carbonyl (C=O) groups is 2. The zero-order valence-electron chi connectivity index (χ0n) is 11.6. The molecule has 0 bridgehead atoms. The number of anilines is 1. The fourth-order valence-electron chi connectivity index (χ4n) is 1.83. The number of nitrogens with one attached hydrogen (secondary N) is 1. The average molecular weight is 318 g/mol. The topological polar surface area (TPSA) is 107 Å². The van der Waals surface area contributed by atoms with Gasteiger partial charge < -0.3 is 10.5 Å². The maximum atomic E-state index is 12.2. The molecule has 1 saturated carbocycles. The third-order valence-electron chi connectivity index (χ3n) is 3.07. The minimum absolute atomic E-state index is 0.230. The van der Waals surface area contributed by atoms with Gasteiger partial charge in [-0.05, 0) is 31.0 Å². The number of carbonyl (C=O) groups excluding carboxylic acids is 2. The molecule has 0 unspecified atom stereocenters. The second-order valence-corrected chi connectivity index (χ2v) is 5.97. The minimum atomic E-state index is -0.573. The van der Waals surface area contributed by atoms with Crippen molar-refractivity contribution < 1.29 is 14.3 Å². The van der Waals surface area contributed by atoms with Gasteiger partial charge in [-0.15, -0.1) is 10.2 Å².